The van der Waals surface area contributed by atoms with Crippen molar-refractivity contribution in [3.8, 4) is 0 Å². The number of anilines is 1. The molecule has 0 fully saturated rings. The van der Waals surface area contributed by atoms with Gasteiger partial charge in [-0.1, -0.05) is 23.7 Å². The van der Waals surface area contributed by atoms with Crippen molar-refractivity contribution in [1.82, 2.24) is 5.43 Å². The quantitative estimate of drug-likeness (QED) is 0.572. The summed E-state index contributed by atoms with van der Waals surface area (Å²) < 4.78 is 38.7. The molecule has 2 N–H and O–H groups in total. The first-order valence-electron chi connectivity index (χ1n) is 6.91. The Kier molecular flexibility index (Phi) is 6.01. The average molecular weight is 375 g/mol. The van der Waals surface area contributed by atoms with Crippen LogP contribution in [-0.2, 0) is 11.0 Å². The maximum Gasteiger partial charge on any atom is 0.418 e. The van der Waals surface area contributed by atoms with Gasteiger partial charge in [0, 0.05) is 9.92 Å². The Morgan fingerprint density at radius 3 is 2.38 bits per heavy atom. The molecule has 2 aromatic carbocycles. The standard InChI is InChI=1S/C16H14ClF3N2OS/c1-10(24-12-8-6-11(17)7-9-12)15(23)22-21-14-5-3-2-4-13(14)16(18,19)20/h2-10,21H,1H3,(H,22,23). The predicted molar refractivity (Wildman–Crippen MR) is 90.0 cm³/mol. The minimum Gasteiger partial charge on any atom is -0.298 e. The molecule has 0 aliphatic heterocycles. The topological polar surface area (TPSA) is 41.1 Å². The highest BCUT2D eigenvalue weighted by molar-refractivity contribution is 8.00. The first kappa shape index (κ1) is 18.5. The van der Waals surface area contributed by atoms with E-state index >= 15 is 0 Å². The smallest absolute Gasteiger partial charge is 0.298 e. The summed E-state index contributed by atoms with van der Waals surface area (Å²) in [5.41, 5.74) is 3.60. The molecule has 128 valence electrons. The van der Waals surface area contributed by atoms with Crippen molar-refractivity contribution in [2.45, 2.75) is 23.2 Å². The minimum absolute atomic E-state index is 0.206. The van der Waals surface area contributed by atoms with Gasteiger partial charge in [0.1, 0.15) is 0 Å². The summed E-state index contributed by atoms with van der Waals surface area (Å²) in [6.45, 7) is 1.66. The van der Waals surface area contributed by atoms with Gasteiger partial charge in [-0.3, -0.25) is 15.6 Å². The highest BCUT2D eigenvalue weighted by Crippen LogP contribution is 2.34. The van der Waals surface area contributed by atoms with E-state index in [0.717, 1.165) is 11.0 Å². The van der Waals surface area contributed by atoms with Crippen LogP contribution < -0.4 is 10.9 Å². The predicted octanol–water partition coefficient (Wildman–Crippen LogP) is 4.98. The lowest BCUT2D eigenvalue weighted by Crippen LogP contribution is -2.36. The molecule has 0 aliphatic carbocycles. The number of hydrazine groups is 1. The number of benzene rings is 2. The van der Waals surface area contributed by atoms with Crippen LogP contribution in [0.5, 0.6) is 0 Å². The van der Waals surface area contributed by atoms with Crippen LogP contribution in [0.2, 0.25) is 5.02 Å². The molecule has 1 atom stereocenters. The van der Waals surface area contributed by atoms with Gasteiger partial charge in [-0.05, 0) is 43.3 Å². The van der Waals surface area contributed by atoms with Gasteiger partial charge in [0.2, 0.25) is 0 Å². The highest BCUT2D eigenvalue weighted by Gasteiger charge is 2.33. The molecule has 0 bridgehead atoms. The SMILES string of the molecule is CC(Sc1ccc(Cl)cc1)C(=O)NNc1ccccc1C(F)(F)F. The van der Waals surface area contributed by atoms with Gasteiger partial charge in [-0.2, -0.15) is 13.2 Å². The molecule has 3 nitrogen and oxygen atoms in total. The van der Waals surface area contributed by atoms with Crippen molar-refractivity contribution in [2.75, 3.05) is 5.43 Å². The molecule has 2 rings (SSSR count). The molecule has 0 radical (unpaired) electrons. The fourth-order valence-corrected chi connectivity index (χ4v) is 2.83. The molecule has 24 heavy (non-hydrogen) atoms. The summed E-state index contributed by atoms with van der Waals surface area (Å²) in [5, 5.41) is 0.0820. The van der Waals surface area contributed by atoms with Crippen LogP contribution in [0, 0.1) is 0 Å². The largest absolute Gasteiger partial charge is 0.418 e. The molecular formula is C16H14ClF3N2OS. The molecular weight excluding hydrogens is 361 g/mol. The van der Waals surface area contributed by atoms with Crippen molar-refractivity contribution in [3.63, 3.8) is 0 Å². The van der Waals surface area contributed by atoms with E-state index in [0.29, 0.717) is 5.02 Å². The maximum absolute atomic E-state index is 12.9. The first-order chi connectivity index (χ1) is 11.3. The number of rotatable bonds is 5. The van der Waals surface area contributed by atoms with Gasteiger partial charge < -0.3 is 0 Å². The van der Waals surface area contributed by atoms with Gasteiger partial charge in [0.25, 0.3) is 5.91 Å². The third-order valence-corrected chi connectivity index (χ3v) is 4.41. The summed E-state index contributed by atoms with van der Waals surface area (Å²) in [7, 11) is 0. The van der Waals surface area contributed by atoms with Gasteiger partial charge in [0.05, 0.1) is 16.5 Å². The van der Waals surface area contributed by atoms with Crippen LogP contribution in [0.1, 0.15) is 12.5 Å². The van der Waals surface area contributed by atoms with E-state index in [1.165, 1.54) is 30.0 Å². The molecule has 0 spiro atoms. The zero-order chi connectivity index (χ0) is 17.7. The molecule has 8 heteroatoms. The van der Waals surface area contributed by atoms with E-state index in [1.54, 1.807) is 31.2 Å². The number of hydrogen-bond acceptors (Lipinski definition) is 3. The van der Waals surface area contributed by atoms with Crippen LogP contribution in [-0.4, -0.2) is 11.2 Å². The zero-order valence-corrected chi connectivity index (χ0v) is 14.1. The van der Waals surface area contributed by atoms with E-state index < -0.39 is 22.9 Å². The maximum atomic E-state index is 12.9. The number of carbonyl (C=O) groups excluding carboxylic acids is 1. The normalized spacial score (nSPS) is 12.5. The Morgan fingerprint density at radius 2 is 1.75 bits per heavy atom. The van der Waals surface area contributed by atoms with Crippen LogP contribution in [0.3, 0.4) is 0 Å². The molecule has 2 aromatic rings. The lowest BCUT2D eigenvalue weighted by atomic mass is 10.2. The van der Waals surface area contributed by atoms with Crippen molar-refractivity contribution >= 4 is 35.0 Å². The van der Waals surface area contributed by atoms with Gasteiger partial charge in [-0.15, -0.1) is 11.8 Å². The summed E-state index contributed by atoms with van der Waals surface area (Å²) in [4.78, 5) is 12.9. The first-order valence-corrected chi connectivity index (χ1v) is 8.17. The van der Waals surface area contributed by atoms with Crippen molar-refractivity contribution in [3.05, 3.63) is 59.1 Å². The number of hydrogen-bond donors (Lipinski definition) is 2. The third kappa shape index (κ3) is 5.07. The van der Waals surface area contributed by atoms with Gasteiger partial charge in [-0.25, -0.2) is 0 Å². The number of para-hydroxylation sites is 1. The fraction of sp³-hybridized carbons (Fsp3) is 0.188. The molecule has 0 aromatic heterocycles. The third-order valence-electron chi connectivity index (χ3n) is 3.05. The van der Waals surface area contributed by atoms with E-state index in [-0.39, 0.29) is 5.69 Å². The number of carbonyl (C=O) groups is 1. The lowest BCUT2D eigenvalue weighted by molar-refractivity contribution is -0.137. The number of amides is 1. The molecule has 1 amide bonds. The Bertz CT molecular complexity index is 707. The monoisotopic (exact) mass is 374 g/mol. The van der Waals surface area contributed by atoms with Crippen molar-refractivity contribution < 1.29 is 18.0 Å². The van der Waals surface area contributed by atoms with Crippen LogP contribution in [0.4, 0.5) is 18.9 Å². The van der Waals surface area contributed by atoms with Crippen molar-refractivity contribution in [1.29, 1.82) is 0 Å². The zero-order valence-electron chi connectivity index (χ0n) is 12.5. The molecule has 0 aliphatic rings. The lowest BCUT2D eigenvalue weighted by Gasteiger charge is -2.17. The summed E-state index contributed by atoms with van der Waals surface area (Å²) in [6, 6.07) is 11.9. The Hall–Kier alpha value is -1.86. The summed E-state index contributed by atoms with van der Waals surface area (Å²) in [5.74, 6) is -0.438. The van der Waals surface area contributed by atoms with Crippen LogP contribution in [0.15, 0.2) is 53.4 Å². The summed E-state index contributed by atoms with van der Waals surface area (Å²) in [6.07, 6.45) is -4.50. The van der Waals surface area contributed by atoms with E-state index in [2.05, 4.69) is 10.9 Å². The second kappa shape index (κ2) is 7.81. The second-order valence-corrected chi connectivity index (χ2v) is 6.72. The number of halogens is 4. The second-order valence-electron chi connectivity index (χ2n) is 4.87. The van der Waals surface area contributed by atoms with Gasteiger partial charge in [0.15, 0.2) is 0 Å². The van der Waals surface area contributed by atoms with Crippen molar-refractivity contribution in [2.24, 2.45) is 0 Å². The molecule has 0 saturated heterocycles. The van der Waals surface area contributed by atoms with Gasteiger partial charge >= 0.3 is 6.18 Å². The Labute approximate surface area is 146 Å². The highest BCUT2D eigenvalue weighted by atomic mass is 35.5. The van der Waals surface area contributed by atoms with Crippen LogP contribution in [0.25, 0.3) is 0 Å². The molecule has 1 unspecified atom stereocenters. The number of nitrogens with one attached hydrogen (secondary N) is 2. The van der Waals surface area contributed by atoms with E-state index in [9.17, 15) is 18.0 Å². The molecule has 0 heterocycles. The van der Waals surface area contributed by atoms with E-state index in [4.69, 9.17) is 11.6 Å². The Morgan fingerprint density at radius 1 is 1.12 bits per heavy atom. The Balaban J connectivity index is 1.97. The number of thioether (sulfide) groups is 1. The minimum atomic E-state index is -4.50. The molecule has 0 saturated carbocycles. The van der Waals surface area contributed by atoms with E-state index in [1.807, 2.05) is 0 Å². The summed E-state index contributed by atoms with van der Waals surface area (Å²) >= 11 is 7.06. The fourth-order valence-electron chi connectivity index (χ4n) is 1.84. The number of alkyl halides is 3. The van der Waals surface area contributed by atoms with Crippen LogP contribution >= 0.6 is 23.4 Å². The average Bonchev–Trinajstić information content (AvgIpc) is 2.54.